The highest BCUT2D eigenvalue weighted by molar-refractivity contribution is 5.79. The van der Waals surface area contributed by atoms with Crippen LogP contribution in [0.1, 0.15) is 31.2 Å². The minimum absolute atomic E-state index is 0.441. The van der Waals surface area contributed by atoms with Gasteiger partial charge in [-0.3, -0.25) is 9.78 Å². The lowest BCUT2D eigenvalue weighted by Gasteiger charge is -2.26. The van der Waals surface area contributed by atoms with Crippen molar-refractivity contribution in [3.63, 3.8) is 0 Å². The van der Waals surface area contributed by atoms with Crippen molar-refractivity contribution < 1.29 is 4.79 Å². The Balaban J connectivity index is 1.77. The van der Waals surface area contributed by atoms with E-state index in [1.54, 1.807) is 6.20 Å². The molecule has 0 spiro atoms. The molecule has 2 rings (SSSR count). The van der Waals surface area contributed by atoms with E-state index in [-0.39, 0.29) is 0 Å². The van der Waals surface area contributed by atoms with Crippen LogP contribution in [0.3, 0.4) is 0 Å². The van der Waals surface area contributed by atoms with Gasteiger partial charge in [0.1, 0.15) is 5.78 Å². The van der Waals surface area contributed by atoms with Crippen molar-refractivity contribution in [2.75, 3.05) is 13.6 Å². The van der Waals surface area contributed by atoms with Crippen LogP contribution in [0.2, 0.25) is 0 Å². The zero-order valence-corrected chi connectivity index (χ0v) is 10.4. The van der Waals surface area contributed by atoms with Crippen molar-refractivity contribution in [3.8, 4) is 0 Å². The molecule has 0 unspecified atom stereocenters. The monoisotopic (exact) mass is 232 g/mol. The van der Waals surface area contributed by atoms with Gasteiger partial charge >= 0.3 is 0 Å². The first-order chi connectivity index (χ1) is 8.24. The van der Waals surface area contributed by atoms with Gasteiger partial charge in [-0.1, -0.05) is 6.07 Å². The molecule has 0 atom stereocenters. The first-order valence-corrected chi connectivity index (χ1v) is 6.33. The van der Waals surface area contributed by atoms with Crippen LogP contribution < -0.4 is 0 Å². The van der Waals surface area contributed by atoms with Crippen molar-refractivity contribution in [3.05, 3.63) is 30.1 Å². The lowest BCUT2D eigenvalue weighted by molar-refractivity contribution is -0.121. The van der Waals surface area contributed by atoms with Gasteiger partial charge in [-0.05, 0) is 37.4 Å². The van der Waals surface area contributed by atoms with Crippen LogP contribution in [0.4, 0.5) is 0 Å². The van der Waals surface area contributed by atoms with Gasteiger partial charge in [0.25, 0.3) is 0 Å². The second-order valence-electron chi connectivity index (χ2n) is 5.04. The van der Waals surface area contributed by atoms with Gasteiger partial charge in [0.15, 0.2) is 0 Å². The summed E-state index contributed by atoms with van der Waals surface area (Å²) in [5, 5.41) is 0. The van der Waals surface area contributed by atoms with Gasteiger partial charge in [0, 0.05) is 38.3 Å². The molecule has 0 N–H and O–H groups in total. The van der Waals surface area contributed by atoms with Gasteiger partial charge in [0.05, 0.1) is 0 Å². The largest absolute Gasteiger partial charge is 0.302 e. The SMILES string of the molecule is CN(Cc1cccnc1)CC1CCC(=O)CC1. The first-order valence-electron chi connectivity index (χ1n) is 6.33. The van der Waals surface area contributed by atoms with E-state index in [9.17, 15) is 4.79 Å². The van der Waals surface area contributed by atoms with Gasteiger partial charge in [-0.15, -0.1) is 0 Å². The lowest BCUT2D eigenvalue weighted by Crippen LogP contribution is -2.28. The smallest absolute Gasteiger partial charge is 0.132 e. The molecule has 92 valence electrons. The molecule has 0 radical (unpaired) electrons. The van der Waals surface area contributed by atoms with Crippen LogP contribution in [-0.2, 0) is 11.3 Å². The van der Waals surface area contributed by atoms with E-state index in [1.165, 1.54) is 5.56 Å². The standard InChI is InChI=1S/C14H20N2O/c1-16(11-13-3-2-8-15-9-13)10-12-4-6-14(17)7-5-12/h2-3,8-9,12H,4-7,10-11H2,1H3. The second kappa shape index (κ2) is 5.92. The van der Waals surface area contributed by atoms with E-state index in [4.69, 9.17) is 0 Å². The number of pyridine rings is 1. The number of aromatic nitrogens is 1. The third-order valence-electron chi connectivity index (χ3n) is 3.41. The normalized spacial score (nSPS) is 17.6. The summed E-state index contributed by atoms with van der Waals surface area (Å²) < 4.78 is 0. The van der Waals surface area contributed by atoms with Crippen LogP contribution in [-0.4, -0.2) is 29.3 Å². The Morgan fingerprint density at radius 1 is 1.41 bits per heavy atom. The molecule has 1 saturated carbocycles. The molecule has 1 fully saturated rings. The summed E-state index contributed by atoms with van der Waals surface area (Å²) in [4.78, 5) is 17.6. The van der Waals surface area contributed by atoms with Crippen molar-refractivity contribution in [2.45, 2.75) is 32.2 Å². The fourth-order valence-corrected chi connectivity index (χ4v) is 2.49. The maximum Gasteiger partial charge on any atom is 0.132 e. The molecule has 0 amide bonds. The number of ketones is 1. The van der Waals surface area contributed by atoms with Crippen molar-refractivity contribution in [1.29, 1.82) is 0 Å². The van der Waals surface area contributed by atoms with E-state index in [0.29, 0.717) is 11.7 Å². The highest BCUT2D eigenvalue weighted by Gasteiger charge is 2.19. The summed E-state index contributed by atoms with van der Waals surface area (Å²) in [5.74, 6) is 1.13. The maximum atomic E-state index is 11.2. The molecule has 1 aliphatic rings. The number of carbonyl (C=O) groups is 1. The third-order valence-corrected chi connectivity index (χ3v) is 3.41. The zero-order valence-electron chi connectivity index (χ0n) is 10.4. The van der Waals surface area contributed by atoms with Gasteiger partial charge < -0.3 is 4.90 Å². The molecule has 1 aromatic rings. The Labute approximate surface area is 103 Å². The van der Waals surface area contributed by atoms with Crippen molar-refractivity contribution in [1.82, 2.24) is 9.88 Å². The van der Waals surface area contributed by atoms with Crippen LogP contribution in [0.5, 0.6) is 0 Å². The Hall–Kier alpha value is -1.22. The van der Waals surface area contributed by atoms with Crippen molar-refractivity contribution >= 4 is 5.78 Å². The highest BCUT2D eigenvalue weighted by Crippen LogP contribution is 2.22. The van der Waals surface area contributed by atoms with E-state index < -0.39 is 0 Å². The van der Waals surface area contributed by atoms with Gasteiger partial charge in [-0.25, -0.2) is 0 Å². The molecule has 1 aromatic heterocycles. The average molecular weight is 232 g/mol. The minimum atomic E-state index is 0.441. The molecule has 0 saturated heterocycles. The highest BCUT2D eigenvalue weighted by atomic mass is 16.1. The fourth-order valence-electron chi connectivity index (χ4n) is 2.49. The van der Waals surface area contributed by atoms with Crippen LogP contribution in [0, 0.1) is 5.92 Å². The van der Waals surface area contributed by atoms with Gasteiger partial charge in [0.2, 0.25) is 0 Å². The number of Topliss-reactive ketones (excluding diaryl/α,β-unsaturated/α-hetero) is 1. The molecule has 1 heterocycles. The Morgan fingerprint density at radius 2 is 2.18 bits per heavy atom. The van der Waals surface area contributed by atoms with Crippen molar-refractivity contribution in [2.24, 2.45) is 5.92 Å². The molecule has 1 aliphatic carbocycles. The summed E-state index contributed by atoms with van der Waals surface area (Å²) >= 11 is 0. The number of hydrogen-bond acceptors (Lipinski definition) is 3. The average Bonchev–Trinajstić information content (AvgIpc) is 2.33. The van der Waals surface area contributed by atoms with Crippen LogP contribution >= 0.6 is 0 Å². The molecule has 3 heteroatoms. The maximum absolute atomic E-state index is 11.2. The molecule has 3 nitrogen and oxygen atoms in total. The minimum Gasteiger partial charge on any atom is -0.302 e. The van der Waals surface area contributed by atoms with Crippen LogP contribution in [0.15, 0.2) is 24.5 Å². The Morgan fingerprint density at radius 3 is 2.82 bits per heavy atom. The molecular formula is C14H20N2O. The lowest BCUT2D eigenvalue weighted by atomic mass is 9.88. The number of hydrogen-bond donors (Lipinski definition) is 0. The molecule has 17 heavy (non-hydrogen) atoms. The van der Waals surface area contributed by atoms with E-state index in [1.807, 2.05) is 12.3 Å². The molecular weight excluding hydrogens is 212 g/mol. The predicted molar refractivity (Wildman–Crippen MR) is 67.5 cm³/mol. The summed E-state index contributed by atoms with van der Waals surface area (Å²) in [6.45, 7) is 2.03. The fraction of sp³-hybridized carbons (Fsp3) is 0.571. The summed E-state index contributed by atoms with van der Waals surface area (Å²) in [5.41, 5.74) is 1.25. The number of nitrogens with zero attached hydrogens (tertiary/aromatic N) is 2. The predicted octanol–water partition coefficient (Wildman–Crippen LogP) is 2.27. The molecule has 0 aromatic carbocycles. The van der Waals surface area contributed by atoms with E-state index in [2.05, 4.69) is 23.0 Å². The topological polar surface area (TPSA) is 33.2 Å². The second-order valence-corrected chi connectivity index (χ2v) is 5.04. The molecule has 0 aliphatic heterocycles. The first kappa shape index (κ1) is 12.2. The van der Waals surface area contributed by atoms with Gasteiger partial charge in [-0.2, -0.15) is 0 Å². The molecule has 0 bridgehead atoms. The quantitative estimate of drug-likeness (QED) is 0.798. The Kier molecular flexibility index (Phi) is 4.26. The van der Waals surface area contributed by atoms with E-state index >= 15 is 0 Å². The third kappa shape index (κ3) is 3.93. The number of carbonyl (C=O) groups excluding carboxylic acids is 1. The van der Waals surface area contributed by atoms with Crippen LogP contribution in [0.25, 0.3) is 0 Å². The zero-order chi connectivity index (χ0) is 12.1. The summed E-state index contributed by atoms with van der Waals surface area (Å²) in [6.07, 6.45) is 7.42. The summed E-state index contributed by atoms with van der Waals surface area (Å²) in [6, 6.07) is 4.08. The summed E-state index contributed by atoms with van der Waals surface area (Å²) in [7, 11) is 2.14. The Bertz CT molecular complexity index is 354. The van der Waals surface area contributed by atoms with E-state index in [0.717, 1.165) is 38.8 Å². The number of rotatable bonds is 4.